The van der Waals surface area contributed by atoms with E-state index in [4.69, 9.17) is 0 Å². The van der Waals surface area contributed by atoms with E-state index in [1.54, 1.807) is 11.8 Å². The number of thioether (sulfide) groups is 1. The SMILES string of the molecule is CCSc1ncccc1[C@H]1CCCCN1C=O. The van der Waals surface area contributed by atoms with Crippen molar-refractivity contribution < 1.29 is 4.79 Å². The Morgan fingerprint density at radius 3 is 3.24 bits per heavy atom. The number of aromatic nitrogens is 1. The molecule has 1 amide bonds. The fourth-order valence-corrected chi connectivity index (χ4v) is 3.11. The molecule has 1 fully saturated rings. The van der Waals surface area contributed by atoms with Crippen LogP contribution in [0.3, 0.4) is 0 Å². The molecule has 1 aliphatic rings. The molecule has 2 rings (SSSR count). The molecule has 4 heteroatoms. The van der Waals surface area contributed by atoms with Gasteiger partial charge in [-0.1, -0.05) is 13.0 Å². The molecule has 17 heavy (non-hydrogen) atoms. The number of carbonyl (C=O) groups is 1. The Hall–Kier alpha value is -1.03. The van der Waals surface area contributed by atoms with Gasteiger partial charge in [0.25, 0.3) is 0 Å². The molecular formula is C13H18N2OS. The zero-order valence-corrected chi connectivity index (χ0v) is 10.9. The Kier molecular flexibility index (Phi) is 4.42. The second-order valence-corrected chi connectivity index (χ2v) is 5.44. The molecule has 0 N–H and O–H groups in total. The van der Waals surface area contributed by atoms with Crippen LogP contribution in [0.15, 0.2) is 23.4 Å². The van der Waals surface area contributed by atoms with E-state index in [-0.39, 0.29) is 6.04 Å². The quantitative estimate of drug-likeness (QED) is 0.608. The van der Waals surface area contributed by atoms with Crippen LogP contribution < -0.4 is 0 Å². The van der Waals surface area contributed by atoms with Crippen molar-refractivity contribution in [3.05, 3.63) is 23.9 Å². The average molecular weight is 250 g/mol. The van der Waals surface area contributed by atoms with Crippen LogP contribution in [0.2, 0.25) is 0 Å². The van der Waals surface area contributed by atoms with Crippen LogP contribution in [0.5, 0.6) is 0 Å². The van der Waals surface area contributed by atoms with Gasteiger partial charge >= 0.3 is 0 Å². The van der Waals surface area contributed by atoms with Crippen LogP contribution in [0.25, 0.3) is 0 Å². The third-order valence-electron chi connectivity index (χ3n) is 3.12. The van der Waals surface area contributed by atoms with E-state index in [0.717, 1.165) is 36.6 Å². The summed E-state index contributed by atoms with van der Waals surface area (Å²) in [7, 11) is 0. The molecule has 3 nitrogen and oxygen atoms in total. The summed E-state index contributed by atoms with van der Waals surface area (Å²) in [5.41, 5.74) is 1.21. The number of hydrogen-bond acceptors (Lipinski definition) is 3. The second kappa shape index (κ2) is 6.05. The summed E-state index contributed by atoms with van der Waals surface area (Å²) in [6.07, 6.45) is 6.18. The number of nitrogens with zero attached hydrogens (tertiary/aromatic N) is 2. The van der Waals surface area contributed by atoms with E-state index >= 15 is 0 Å². The van der Waals surface area contributed by atoms with Gasteiger partial charge in [0.1, 0.15) is 5.03 Å². The predicted molar refractivity (Wildman–Crippen MR) is 70.0 cm³/mol. The minimum Gasteiger partial charge on any atom is -0.338 e. The highest BCUT2D eigenvalue weighted by Gasteiger charge is 2.24. The standard InChI is InChI=1S/C13H18N2OS/c1-2-17-13-11(6-5-8-14-13)12-7-3-4-9-15(12)10-16/h5-6,8,10,12H,2-4,7,9H2,1H3/t12-/m1/s1. The molecule has 0 unspecified atom stereocenters. The third-order valence-corrected chi connectivity index (χ3v) is 4.02. The van der Waals surface area contributed by atoms with Gasteiger partial charge in [0.05, 0.1) is 6.04 Å². The monoisotopic (exact) mass is 250 g/mol. The highest BCUT2D eigenvalue weighted by atomic mass is 32.2. The zero-order chi connectivity index (χ0) is 12.1. The first-order chi connectivity index (χ1) is 8.36. The maximum Gasteiger partial charge on any atom is 0.210 e. The van der Waals surface area contributed by atoms with Crippen molar-refractivity contribution in [2.45, 2.75) is 37.3 Å². The first kappa shape index (κ1) is 12.4. The van der Waals surface area contributed by atoms with Crippen molar-refractivity contribution in [2.75, 3.05) is 12.3 Å². The van der Waals surface area contributed by atoms with Gasteiger partial charge in [0, 0.05) is 18.3 Å². The van der Waals surface area contributed by atoms with E-state index < -0.39 is 0 Å². The molecule has 1 saturated heterocycles. The van der Waals surface area contributed by atoms with Crippen molar-refractivity contribution >= 4 is 18.2 Å². The lowest BCUT2D eigenvalue weighted by atomic mass is 9.97. The summed E-state index contributed by atoms with van der Waals surface area (Å²) in [5, 5.41) is 1.08. The van der Waals surface area contributed by atoms with E-state index in [1.807, 2.05) is 17.2 Å². The molecule has 0 saturated carbocycles. The minimum atomic E-state index is 0.226. The van der Waals surface area contributed by atoms with Crippen molar-refractivity contribution in [3.63, 3.8) is 0 Å². The molecule has 0 aromatic carbocycles. The lowest BCUT2D eigenvalue weighted by molar-refractivity contribution is -0.121. The van der Waals surface area contributed by atoms with Crippen molar-refractivity contribution in [3.8, 4) is 0 Å². The number of carbonyl (C=O) groups excluding carboxylic acids is 1. The fraction of sp³-hybridized carbons (Fsp3) is 0.538. The van der Waals surface area contributed by atoms with Crippen LogP contribution in [0.1, 0.15) is 37.8 Å². The number of amides is 1. The fourth-order valence-electron chi connectivity index (χ4n) is 2.33. The normalized spacial score (nSPS) is 20.3. The van der Waals surface area contributed by atoms with Gasteiger partial charge < -0.3 is 4.90 Å². The first-order valence-corrected chi connectivity index (χ1v) is 7.14. The van der Waals surface area contributed by atoms with Gasteiger partial charge in [-0.05, 0) is 31.1 Å². The molecule has 92 valence electrons. The molecule has 1 aromatic heterocycles. The summed E-state index contributed by atoms with van der Waals surface area (Å²) >= 11 is 1.75. The van der Waals surface area contributed by atoms with Gasteiger partial charge in [0.15, 0.2) is 0 Å². The lowest BCUT2D eigenvalue weighted by Crippen LogP contribution is -2.32. The summed E-state index contributed by atoms with van der Waals surface area (Å²) in [6, 6.07) is 4.30. The van der Waals surface area contributed by atoms with Crippen molar-refractivity contribution in [1.29, 1.82) is 0 Å². The maximum absolute atomic E-state index is 11.1. The molecule has 0 bridgehead atoms. The number of hydrogen-bond donors (Lipinski definition) is 0. The van der Waals surface area contributed by atoms with Gasteiger partial charge in [-0.3, -0.25) is 4.79 Å². The summed E-state index contributed by atoms with van der Waals surface area (Å²) in [4.78, 5) is 17.5. The summed E-state index contributed by atoms with van der Waals surface area (Å²) in [5.74, 6) is 1.01. The highest BCUT2D eigenvalue weighted by Crippen LogP contribution is 2.34. The van der Waals surface area contributed by atoms with Crippen LogP contribution in [0.4, 0.5) is 0 Å². The van der Waals surface area contributed by atoms with Gasteiger partial charge in [-0.25, -0.2) is 4.98 Å². The topological polar surface area (TPSA) is 33.2 Å². The van der Waals surface area contributed by atoms with Crippen LogP contribution in [-0.4, -0.2) is 28.6 Å². The van der Waals surface area contributed by atoms with Crippen LogP contribution in [0, 0.1) is 0 Å². The zero-order valence-electron chi connectivity index (χ0n) is 10.1. The van der Waals surface area contributed by atoms with E-state index in [9.17, 15) is 4.79 Å². The van der Waals surface area contributed by atoms with Crippen LogP contribution in [-0.2, 0) is 4.79 Å². The summed E-state index contributed by atoms with van der Waals surface area (Å²) in [6.45, 7) is 3.00. The van der Waals surface area contributed by atoms with Crippen molar-refractivity contribution in [2.24, 2.45) is 0 Å². The van der Waals surface area contributed by atoms with E-state index in [2.05, 4.69) is 18.0 Å². The predicted octanol–water partition coefficient (Wildman–Crippen LogP) is 2.88. The van der Waals surface area contributed by atoms with Crippen molar-refractivity contribution in [1.82, 2.24) is 9.88 Å². The summed E-state index contributed by atoms with van der Waals surface area (Å²) < 4.78 is 0. The molecule has 1 aliphatic heterocycles. The molecule has 1 atom stereocenters. The van der Waals surface area contributed by atoms with Gasteiger partial charge in [0.2, 0.25) is 6.41 Å². The number of piperidine rings is 1. The average Bonchev–Trinajstić information content (AvgIpc) is 2.40. The van der Waals surface area contributed by atoms with E-state index in [1.165, 1.54) is 12.0 Å². The molecule has 0 spiro atoms. The van der Waals surface area contributed by atoms with E-state index in [0.29, 0.717) is 0 Å². The van der Waals surface area contributed by atoms with Gasteiger partial charge in [-0.15, -0.1) is 11.8 Å². The van der Waals surface area contributed by atoms with Gasteiger partial charge in [-0.2, -0.15) is 0 Å². The Labute approximate surface area is 107 Å². The number of pyridine rings is 1. The second-order valence-electron chi connectivity index (χ2n) is 4.19. The maximum atomic E-state index is 11.1. The van der Waals surface area contributed by atoms with Crippen LogP contribution >= 0.6 is 11.8 Å². The molecule has 0 radical (unpaired) electrons. The molecule has 1 aromatic rings. The number of likely N-dealkylation sites (tertiary alicyclic amines) is 1. The molecule has 0 aliphatic carbocycles. The number of rotatable bonds is 4. The molecular weight excluding hydrogens is 232 g/mol. The minimum absolute atomic E-state index is 0.226. The Balaban J connectivity index is 2.27. The third kappa shape index (κ3) is 2.80. The Morgan fingerprint density at radius 1 is 1.59 bits per heavy atom. The molecule has 2 heterocycles. The Morgan fingerprint density at radius 2 is 2.47 bits per heavy atom. The largest absolute Gasteiger partial charge is 0.338 e. The highest BCUT2D eigenvalue weighted by molar-refractivity contribution is 7.99. The first-order valence-electron chi connectivity index (χ1n) is 6.15. The lowest BCUT2D eigenvalue weighted by Gasteiger charge is -2.33. The smallest absolute Gasteiger partial charge is 0.210 e. The Bertz CT molecular complexity index is 383.